The van der Waals surface area contributed by atoms with Crippen LogP contribution >= 0.6 is 0 Å². The lowest BCUT2D eigenvalue weighted by molar-refractivity contribution is 0.252. The van der Waals surface area contributed by atoms with E-state index in [1.807, 2.05) is 19.1 Å². The molecule has 1 aromatic heterocycles. The summed E-state index contributed by atoms with van der Waals surface area (Å²) in [5, 5.41) is 5.52. The second-order valence-corrected chi connectivity index (χ2v) is 5.03. The van der Waals surface area contributed by atoms with E-state index in [0.29, 0.717) is 12.4 Å². The number of amides is 2. The van der Waals surface area contributed by atoms with Gasteiger partial charge in [-0.2, -0.15) is 0 Å². The molecule has 0 saturated carbocycles. The first kappa shape index (κ1) is 14.5. The molecule has 0 aliphatic rings. The fraction of sp³-hybridized carbons (Fsp3) is 0.571. The Balaban J connectivity index is 2.74. The summed E-state index contributed by atoms with van der Waals surface area (Å²) in [5.41, 5.74) is 1.02. The predicted molar refractivity (Wildman–Crippen MR) is 74.9 cm³/mol. The minimum atomic E-state index is -0.198. The average Bonchev–Trinajstić information content (AvgIpc) is 2.36. The van der Waals surface area contributed by atoms with E-state index in [1.165, 1.54) is 0 Å². The summed E-state index contributed by atoms with van der Waals surface area (Å²) in [6.07, 6.45) is 1.93. The first-order valence-corrected chi connectivity index (χ1v) is 6.52. The second kappa shape index (κ2) is 6.38. The van der Waals surface area contributed by atoms with E-state index in [9.17, 15) is 4.79 Å². The Bertz CT molecular complexity index is 402. The smallest absolute Gasteiger partial charge is 0.320 e. The molecule has 4 heteroatoms. The van der Waals surface area contributed by atoms with Gasteiger partial charge in [0.15, 0.2) is 0 Å². The van der Waals surface area contributed by atoms with Crippen molar-refractivity contribution in [3.05, 3.63) is 23.9 Å². The van der Waals surface area contributed by atoms with Crippen molar-refractivity contribution in [3.8, 4) is 0 Å². The third-order valence-electron chi connectivity index (χ3n) is 3.10. The van der Waals surface area contributed by atoms with E-state index in [-0.39, 0.29) is 11.4 Å². The Labute approximate surface area is 109 Å². The molecule has 0 aromatic carbocycles. The lowest BCUT2D eigenvalue weighted by Crippen LogP contribution is -2.30. The van der Waals surface area contributed by atoms with Crippen LogP contribution < -0.4 is 10.6 Å². The second-order valence-electron chi connectivity index (χ2n) is 5.03. The van der Waals surface area contributed by atoms with Crippen LogP contribution in [0, 0.1) is 0 Å². The summed E-state index contributed by atoms with van der Waals surface area (Å²) in [5.74, 6) is 0.600. The number of rotatable bonds is 5. The third kappa shape index (κ3) is 4.02. The number of nitrogens with zero attached hydrogens (tertiary/aromatic N) is 1. The van der Waals surface area contributed by atoms with Gasteiger partial charge in [0.1, 0.15) is 5.82 Å². The van der Waals surface area contributed by atoms with E-state index in [2.05, 4.69) is 36.4 Å². The Kier molecular flexibility index (Phi) is 5.13. The number of urea groups is 1. The van der Waals surface area contributed by atoms with Crippen LogP contribution in [-0.2, 0) is 5.41 Å². The molecule has 100 valence electrons. The van der Waals surface area contributed by atoms with Crippen LogP contribution in [0.5, 0.6) is 0 Å². The van der Waals surface area contributed by atoms with Crippen LogP contribution in [0.2, 0.25) is 0 Å². The maximum Gasteiger partial charge on any atom is 0.320 e. The molecule has 0 unspecified atom stereocenters. The van der Waals surface area contributed by atoms with Crippen molar-refractivity contribution in [3.63, 3.8) is 0 Å². The van der Waals surface area contributed by atoms with Gasteiger partial charge in [-0.1, -0.05) is 33.8 Å². The van der Waals surface area contributed by atoms with Crippen LogP contribution in [0.15, 0.2) is 18.2 Å². The molecule has 0 radical (unpaired) electrons. The van der Waals surface area contributed by atoms with Crippen molar-refractivity contribution in [2.45, 2.75) is 46.0 Å². The maximum atomic E-state index is 11.5. The quantitative estimate of drug-likeness (QED) is 0.841. The van der Waals surface area contributed by atoms with Crippen LogP contribution in [0.3, 0.4) is 0 Å². The number of carbonyl (C=O) groups excluding carboxylic acids is 1. The van der Waals surface area contributed by atoms with E-state index < -0.39 is 0 Å². The number of carbonyl (C=O) groups is 1. The summed E-state index contributed by atoms with van der Waals surface area (Å²) < 4.78 is 0. The standard InChI is InChI=1S/C14H23N3O/c1-5-10-15-13(18)17-12-9-7-8-11(16-12)14(3,4)6-2/h7-9H,5-6,10H2,1-4H3,(H2,15,16,17,18). The van der Waals surface area contributed by atoms with Gasteiger partial charge in [-0.05, 0) is 25.0 Å². The molecule has 18 heavy (non-hydrogen) atoms. The molecule has 0 saturated heterocycles. The first-order chi connectivity index (χ1) is 8.49. The Morgan fingerprint density at radius 1 is 1.33 bits per heavy atom. The van der Waals surface area contributed by atoms with Crippen LogP contribution in [0.4, 0.5) is 10.6 Å². The van der Waals surface area contributed by atoms with Crippen molar-refractivity contribution >= 4 is 11.8 Å². The summed E-state index contributed by atoms with van der Waals surface area (Å²) in [7, 11) is 0. The predicted octanol–water partition coefficient (Wildman–Crippen LogP) is 3.30. The van der Waals surface area contributed by atoms with Gasteiger partial charge in [-0.25, -0.2) is 9.78 Å². The SMILES string of the molecule is CCCNC(=O)Nc1cccc(C(C)(C)CC)n1. The van der Waals surface area contributed by atoms with Crippen LogP contribution in [0.25, 0.3) is 0 Å². The molecule has 4 nitrogen and oxygen atoms in total. The molecule has 2 amide bonds. The number of anilines is 1. The van der Waals surface area contributed by atoms with E-state index in [4.69, 9.17) is 0 Å². The van der Waals surface area contributed by atoms with E-state index >= 15 is 0 Å². The first-order valence-electron chi connectivity index (χ1n) is 6.52. The van der Waals surface area contributed by atoms with Gasteiger partial charge < -0.3 is 5.32 Å². The monoisotopic (exact) mass is 249 g/mol. The highest BCUT2D eigenvalue weighted by molar-refractivity contribution is 5.88. The molecule has 1 heterocycles. The number of pyridine rings is 1. The molecule has 0 aliphatic carbocycles. The zero-order chi connectivity index (χ0) is 13.6. The minimum absolute atomic E-state index is 0.0254. The van der Waals surface area contributed by atoms with Gasteiger partial charge in [0.2, 0.25) is 0 Å². The highest BCUT2D eigenvalue weighted by Crippen LogP contribution is 2.25. The molecular formula is C14H23N3O. The maximum absolute atomic E-state index is 11.5. The van der Waals surface area contributed by atoms with Crippen molar-refractivity contribution in [1.29, 1.82) is 0 Å². The molecule has 0 bridgehead atoms. The summed E-state index contributed by atoms with van der Waals surface area (Å²) in [4.78, 5) is 16.0. The topological polar surface area (TPSA) is 54.0 Å². The van der Waals surface area contributed by atoms with Crippen molar-refractivity contribution < 1.29 is 4.79 Å². The van der Waals surface area contributed by atoms with Gasteiger partial charge in [-0.3, -0.25) is 5.32 Å². The van der Waals surface area contributed by atoms with Crippen molar-refractivity contribution in [2.75, 3.05) is 11.9 Å². The molecule has 0 spiro atoms. The fourth-order valence-electron chi connectivity index (χ4n) is 1.46. The largest absolute Gasteiger partial charge is 0.338 e. The van der Waals surface area contributed by atoms with Crippen molar-refractivity contribution in [2.24, 2.45) is 0 Å². The van der Waals surface area contributed by atoms with Crippen molar-refractivity contribution in [1.82, 2.24) is 10.3 Å². The Morgan fingerprint density at radius 3 is 2.67 bits per heavy atom. The summed E-state index contributed by atoms with van der Waals surface area (Å²) >= 11 is 0. The fourth-order valence-corrected chi connectivity index (χ4v) is 1.46. The van der Waals surface area contributed by atoms with Gasteiger partial charge in [-0.15, -0.1) is 0 Å². The zero-order valence-electron chi connectivity index (χ0n) is 11.7. The lowest BCUT2D eigenvalue weighted by Gasteiger charge is -2.22. The third-order valence-corrected chi connectivity index (χ3v) is 3.10. The highest BCUT2D eigenvalue weighted by Gasteiger charge is 2.19. The molecule has 1 rings (SSSR count). The van der Waals surface area contributed by atoms with Crippen LogP contribution in [-0.4, -0.2) is 17.6 Å². The number of hydrogen-bond donors (Lipinski definition) is 2. The minimum Gasteiger partial charge on any atom is -0.338 e. The Morgan fingerprint density at radius 2 is 2.06 bits per heavy atom. The number of hydrogen-bond acceptors (Lipinski definition) is 2. The molecule has 1 aromatic rings. The Hall–Kier alpha value is -1.58. The molecule has 0 aliphatic heterocycles. The summed E-state index contributed by atoms with van der Waals surface area (Å²) in [6, 6.07) is 5.53. The van der Waals surface area contributed by atoms with E-state index in [0.717, 1.165) is 18.5 Å². The molecule has 2 N–H and O–H groups in total. The van der Waals surface area contributed by atoms with Gasteiger partial charge >= 0.3 is 6.03 Å². The van der Waals surface area contributed by atoms with E-state index in [1.54, 1.807) is 6.07 Å². The molecule has 0 fully saturated rings. The lowest BCUT2D eigenvalue weighted by atomic mass is 9.86. The number of nitrogens with one attached hydrogen (secondary N) is 2. The van der Waals surface area contributed by atoms with Crippen LogP contribution in [0.1, 0.15) is 46.2 Å². The normalized spacial score (nSPS) is 11.1. The average molecular weight is 249 g/mol. The summed E-state index contributed by atoms with van der Waals surface area (Å²) in [6.45, 7) is 9.12. The highest BCUT2D eigenvalue weighted by atomic mass is 16.2. The zero-order valence-corrected chi connectivity index (χ0v) is 11.7. The van der Waals surface area contributed by atoms with Gasteiger partial charge in [0, 0.05) is 17.7 Å². The van der Waals surface area contributed by atoms with Gasteiger partial charge in [0.25, 0.3) is 0 Å². The molecular weight excluding hydrogens is 226 g/mol. The number of aromatic nitrogens is 1. The van der Waals surface area contributed by atoms with Gasteiger partial charge in [0.05, 0.1) is 0 Å². The molecule has 0 atom stereocenters.